The lowest BCUT2D eigenvalue weighted by Crippen LogP contribution is -2.37. The Balaban J connectivity index is 2.01. The highest BCUT2D eigenvalue weighted by molar-refractivity contribution is 7.97. The number of rotatable bonds is 5. The van der Waals surface area contributed by atoms with Crippen molar-refractivity contribution in [1.29, 1.82) is 0 Å². The van der Waals surface area contributed by atoms with Gasteiger partial charge < -0.3 is 20.1 Å². The van der Waals surface area contributed by atoms with E-state index in [2.05, 4.69) is 17.2 Å². The molecule has 1 aromatic heterocycles. The first-order chi connectivity index (χ1) is 11.7. The second-order valence-corrected chi connectivity index (χ2v) is 6.40. The molecule has 0 unspecified atom stereocenters. The van der Waals surface area contributed by atoms with Gasteiger partial charge in [-0.2, -0.15) is 11.8 Å². The molecule has 1 aromatic carbocycles. The molecule has 2 N–H and O–H groups in total. The molecule has 0 atom stereocenters. The third kappa shape index (κ3) is 3.73. The summed E-state index contributed by atoms with van der Waals surface area (Å²) in [6.45, 7) is 3.15. The van der Waals surface area contributed by atoms with Crippen LogP contribution < -0.4 is 15.4 Å². The monoisotopic (exact) mass is 346 g/mol. The van der Waals surface area contributed by atoms with Gasteiger partial charge in [-0.05, 0) is 24.5 Å². The van der Waals surface area contributed by atoms with E-state index in [4.69, 9.17) is 25.2 Å². The van der Waals surface area contributed by atoms with Gasteiger partial charge in [0.1, 0.15) is 11.6 Å². The summed E-state index contributed by atoms with van der Waals surface area (Å²) in [5, 5.41) is 0. The Morgan fingerprint density at radius 1 is 1.25 bits per heavy atom. The van der Waals surface area contributed by atoms with E-state index in [0.29, 0.717) is 17.3 Å². The van der Waals surface area contributed by atoms with Crippen molar-refractivity contribution in [3.05, 3.63) is 30.0 Å². The van der Waals surface area contributed by atoms with Crippen molar-refractivity contribution in [2.75, 3.05) is 50.3 Å². The molecule has 2 aromatic rings. The first-order valence-electron chi connectivity index (χ1n) is 7.84. The summed E-state index contributed by atoms with van der Waals surface area (Å²) in [5.41, 5.74) is 8.44. The number of hydrogen-bond acceptors (Lipinski definition) is 7. The minimum atomic E-state index is 0.606. The molecule has 1 aliphatic rings. The number of methoxy groups -OCH3 is 1. The number of hydrogen-bond donors (Lipinski definition) is 1. The minimum absolute atomic E-state index is 0.606. The lowest BCUT2D eigenvalue weighted by atomic mass is 10.1. The van der Waals surface area contributed by atoms with Crippen molar-refractivity contribution in [3.63, 3.8) is 0 Å². The molecule has 2 heterocycles. The van der Waals surface area contributed by atoms with Gasteiger partial charge >= 0.3 is 0 Å². The lowest BCUT2D eigenvalue weighted by molar-refractivity contribution is 0.122. The van der Waals surface area contributed by atoms with Crippen LogP contribution in [-0.4, -0.2) is 49.6 Å². The normalized spacial score (nSPS) is 14.7. The van der Waals surface area contributed by atoms with E-state index in [0.717, 1.165) is 49.1 Å². The molecular formula is C17H22N4O2S. The molecule has 0 aliphatic carbocycles. The highest BCUT2D eigenvalue weighted by Crippen LogP contribution is 2.29. The summed E-state index contributed by atoms with van der Waals surface area (Å²) >= 11 is 1.75. The van der Waals surface area contributed by atoms with Gasteiger partial charge in [-0.1, -0.05) is 0 Å². The van der Waals surface area contributed by atoms with E-state index in [-0.39, 0.29) is 0 Å². The molecule has 24 heavy (non-hydrogen) atoms. The van der Waals surface area contributed by atoms with Crippen LogP contribution in [0.2, 0.25) is 0 Å². The smallest absolute Gasteiger partial charge is 0.161 e. The van der Waals surface area contributed by atoms with Crippen LogP contribution in [0.5, 0.6) is 5.75 Å². The maximum Gasteiger partial charge on any atom is 0.161 e. The Hall–Kier alpha value is -1.99. The van der Waals surface area contributed by atoms with Gasteiger partial charge in [-0.3, -0.25) is 0 Å². The molecule has 6 nitrogen and oxygen atoms in total. The van der Waals surface area contributed by atoms with Crippen LogP contribution in [0.25, 0.3) is 11.4 Å². The second kappa shape index (κ2) is 7.72. The highest BCUT2D eigenvalue weighted by atomic mass is 32.2. The fourth-order valence-electron chi connectivity index (χ4n) is 2.64. The highest BCUT2D eigenvalue weighted by Gasteiger charge is 2.16. The van der Waals surface area contributed by atoms with Crippen LogP contribution in [0, 0.1) is 0 Å². The van der Waals surface area contributed by atoms with Gasteiger partial charge in [0.2, 0.25) is 0 Å². The maximum atomic E-state index is 5.91. The molecule has 1 aliphatic heterocycles. The van der Waals surface area contributed by atoms with Gasteiger partial charge in [-0.25, -0.2) is 9.97 Å². The summed E-state index contributed by atoms with van der Waals surface area (Å²) in [7, 11) is 1.61. The van der Waals surface area contributed by atoms with Crippen molar-refractivity contribution in [3.8, 4) is 17.1 Å². The quantitative estimate of drug-likeness (QED) is 0.834. The van der Waals surface area contributed by atoms with Gasteiger partial charge in [-0.15, -0.1) is 0 Å². The van der Waals surface area contributed by atoms with Gasteiger partial charge in [0.25, 0.3) is 0 Å². The Bertz CT molecular complexity index is 705. The lowest BCUT2D eigenvalue weighted by Gasteiger charge is -2.28. The fraction of sp³-hybridized carbons (Fsp3) is 0.412. The predicted molar refractivity (Wildman–Crippen MR) is 98.7 cm³/mol. The number of anilines is 2. The molecule has 1 fully saturated rings. The standard InChI is InChI=1S/C17H22N4O2S/c1-22-15-9-12(3-4-14(15)18)17-19-13(11-24-2)10-16(20-17)21-5-7-23-8-6-21/h3-4,9-10H,5-8,11,18H2,1-2H3. The molecule has 1 saturated heterocycles. The van der Waals surface area contributed by atoms with Gasteiger partial charge in [0, 0.05) is 30.5 Å². The summed E-state index contributed by atoms with van der Waals surface area (Å²) in [5.74, 6) is 3.13. The van der Waals surface area contributed by atoms with Crippen LogP contribution in [0.1, 0.15) is 5.69 Å². The van der Waals surface area contributed by atoms with Crippen LogP contribution in [-0.2, 0) is 10.5 Å². The molecule has 0 bridgehead atoms. The number of nitrogens with two attached hydrogens (primary N) is 1. The van der Waals surface area contributed by atoms with Crippen molar-refractivity contribution in [2.45, 2.75) is 5.75 Å². The molecular weight excluding hydrogens is 324 g/mol. The number of aromatic nitrogens is 2. The molecule has 0 saturated carbocycles. The van der Waals surface area contributed by atoms with Crippen LogP contribution in [0.3, 0.4) is 0 Å². The molecule has 0 radical (unpaired) electrons. The number of morpholine rings is 1. The third-order valence-corrected chi connectivity index (χ3v) is 4.47. The second-order valence-electron chi connectivity index (χ2n) is 5.53. The van der Waals surface area contributed by atoms with Crippen molar-refractivity contribution in [1.82, 2.24) is 9.97 Å². The largest absolute Gasteiger partial charge is 0.495 e. The first-order valence-corrected chi connectivity index (χ1v) is 9.24. The Morgan fingerprint density at radius 2 is 2.04 bits per heavy atom. The van der Waals surface area contributed by atoms with E-state index >= 15 is 0 Å². The molecule has 0 spiro atoms. The molecule has 128 valence electrons. The zero-order valence-corrected chi connectivity index (χ0v) is 14.8. The maximum absolute atomic E-state index is 5.91. The fourth-order valence-corrected chi connectivity index (χ4v) is 3.08. The SMILES string of the molecule is COc1cc(-c2nc(CSC)cc(N3CCOCC3)n2)ccc1N. The summed E-state index contributed by atoms with van der Waals surface area (Å²) in [6.07, 6.45) is 2.07. The molecule has 0 amide bonds. The zero-order valence-electron chi connectivity index (χ0n) is 14.0. The summed E-state index contributed by atoms with van der Waals surface area (Å²) in [6, 6.07) is 7.71. The Morgan fingerprint density at radius 3 is 2.75 bits per heavy atom. The van der Waals surface area contributed by atoms with E-state index < -0.39 is 0 Å². The summed E-state index contributed by atoms with van der Waals surface area (Å²) < 4.78 is 10.8. The average Bonchev–Trinajstić information content (AvgIpc) is 2.63. The number of benzene rings is 1. The predicted octanol–water partition coefficient (Wildman–Crippen LogP) is 2.43. The van der Waals surface area contributed by atoms with Gasteiger partial charge in [0.15, 0.2) is 5.82 Å². The minimum Gasteiger partial charge on any atom is -0.495 e. The topological polar surface area (TPSA) is 73.5 Å². The van der Waals surface area contributed by atoms with Crippen molar-refractivity contribution < 1.29 is 9.47 Å². The van der Waals surface area contributed by atoms with Crippen LogP contribution in [0.4, 0.5) is 11.5 Å². The summed E-state index contributed by atoms with van der Waals surface area (Å²) in [4.78, 5) is 11.7. The Kier molecular flexibility index (Phi) is 5.42. The zero-order chi connectivity index (χ0) is 16.9. The van der Waals surface area contributed by atoms with E-state index in [1.54, 1.807) is 18.9 Å². The van der Waals surface area contributed by atoms with Gasteiger partial charge in [0.05, 0.1) is 31.7 Å². The van der Waals surface area contributed by atoms with Crippen molar-refractivity contribution >= 4 is 23.3 Å². The van der Waals surface area contributed by atoms with Crippen LogP contribution >= 0.6 is 11.8 Å². The first kappa shape index (κ1) is 16.9. The third-order valence-electron chi connectivity index (χ3n) is 3.88. The Labute approximate surface area is 146 Å². The van der Waals surface area contributed by atoms with E-state index in [1.165, 1.54) is 0 Å². The number of nitrogen functional groups attached to an aromatic ring is 1. The average molecular weight is 346 g/mol. The van der Waals surface area contributed by atoms with Crippen molar-refractivity contribution in [2.24, 2.45) is 0 Å². The number of thioether (sulfide) groups is 1. The van der Waals surface area contributed by atoms with E-state index in [9.17, 15) is 0 Å². The van der Waals surface area contributed by atoms with Crippen LogP contribution in [0.15, 0.2) is 24.3 Å². The molecule has 7 heteroatoms. The molecule has 3 rings (SSSR count). The number of nitrogens with zero attached hydrogens (tertiary/aromatic N) is 3. The van der Waals surface area contributed by atoms with E-state index in [1.807, 2.05) is 18.2 Å². The number of ether oxygens (including phenoxy) is 2.